The number of aromatic nitrogens is 4. The van der Waals surface area contributed by atoms with Crippen molar-refractivity contribution in [3.63, 3.8) is 0 Å². The van der Waals surface area contributed by atoms with Crippen LogP contribution in [0.3, 0.4) is 0 Å². The van der Waals surface area contributed by atoms with Gasteiger partial charge in [0.2, 0.25) is 0 Å². The molecule has 0 radical (unpaired) electrons. The van der Waals surface area contributed by atoms with E-state index in [-0.39, 0.29) is 5.91 Å². The highest BCUT2D eigenvalue weighted by Gasteiger charge is 2.15. The molecule has 2 aromatic carbocycles. The van der Waals surface area contributed by atoms with Gasteiger partial charge in [-0.2, -0.15) is 4.68 Å². The average molecular weight is 377 g/mol. The Hall–Kier alpha value is -3.06. The second kappa shape index (κ2) is 8.75. The molecule has 3 aromatic rings. The van der Waals surface area contributed by atoms with Gasteiger partial charge in [0.15, 0.2) is 0 Å². The maximum absolute atomic E-state index is 12.8. The van der Waals surface area contributed by atoms with E-state index >= 15 is 0 Å². The summed E-state index contributed by atoms with van der Waals surface area (Å²) in [6, 6.07) is 15.0. The van der Waals surface area contributed by atoms with Crippen molar-refractivity contribution in [1.29, 1.82) is 0 Å². The molecule has 0 aliphatic heterocycles. The Bertz CT molecular complexity index is 920. The van der Waals surface area contributed by atoms with E-state index in [4.69, 9.17) is 4.74 Å². The molecule has 0 atom stereocenters. The van der Waals surface area contributed by atoms with Crippen molar-refractivity contribution in [3.05, 3.63) is 66.0 Å². The average Bonchev–Trinajstić information content (AvgIpc) is 3.28. The summed E-state index contributed by atoms with van der Waals surface area (Å²) in [7, 11) is 0. The number of nitrogens with one attached hydrogen (secondary N) is 1. The Morgan fingerprint density at radius 1 is 1.11 bits per heavy atom. The number of hydrogen-bond acceptors (Lipinski definition) is 5. The van der Waals surface area contributed by atoms with Crippen LogP contribution in [-0.4, -0.2) is 32.2 Å². The van der Waals surface area contributed by atoms with Crippen LogP contribution < -0.4 is 5.32 Å². The van der Waals surface area contributed by atoms with Gasteiger partial charge in [-0.15, -0.1) is 5.10 Å². The molecule has 1 heterocycles. The number of carbonyl (C=O) groups is 1. The first-order valence-corrected chi connectivity index (χ1v) is 9.64. The Morgan fingerprint density at radius 3 is 2.79 bits per heavy atom. The maximum atomic E-state index is 12.8. The summed E-state index contributed by atoms with van der Waals surface area (Å²) < 4.78 is 7.52. The highest BCUT2D eigenvalue weighted by molar-refractivity contribution is 6.06. The SMILES string of the molecule is O=C(Nc1cccc(COC2CCCCC2)c1)c1ccccc1-n1cnnn1. The summed E-state index contributed by atoms with van der Waals surface area (Å²) in [5.41, 5.74) is 2.92. The van der Waals surface area contributed by atoms with E-state index in [0.29, 0.717) is 24.0 Å². The van der Waals surface area contributed by atoms with Gasteiger partial charge in [-0.1, -0.05) is 43.5 Å². The Labute approximate surface area is 163 Å². The molecular formula is C21H23N5O2. The summed E-state index contributed by atoms with van der Waals surface area (Å²) in [6.07, 6.45) is 7.93. The predicted octanol–water partition coefficient (Wildman–Crippen LogP) is 3.76. The van der Waals surface area contributed by atoms with Gasteiger partial charge in [0.25, 0.3) is 5.91 Å². The fraction of sp³-hybridized carbons (Fsp3) is 0.333. The highest BCUT2D eigenvalue weighted by Crippen LogP contribution is 2.22. The van der Waals surface area contributed by atoms with Crippen molar-refractivity contribution >= 4 is 11.6 Å². The van der Waals surface area contributed by atoms with Crippen LogP contribution in [0.15, 0.2) is 54.9 Å². The summed E-state index contributed by atoms with van der Waals surface area (Å²) in [5, 5.41) is 14.1. The molecule has 1 saturated carbocycles. The van der Waals surface area contributed by atoms with Gasteiger partial charge >= 0.3 is 0 Å². The molecule has 7 nitrogen and oxygen atoms in total. The van der Waals surface area contributed by atoms with Crippen molar-refractivity contribution in [3.8, 4) is 5.69 Å². The van der Waals surface area contributed by atoms with E-state index in [2.05, 4.69) is 20.8 Å². The summed E-state index contributed by atoms with van der Waals surface area (Å²) in [6.45, 7) is 0.565. The van der Waals surface area contributed by atoms with E-state index in [1.165, 1.54) is 30.3 Å². The third-order valence-electron chi connectivity index (χ3n) is 4.97. The van der Waals surface area contributed by atoms with Crippen molar-refractivity contribution in [1.82, 2.24) is 20.2 Å². The second-order valence-corrected chi connectivity index (χ2v) is 7.00. The van der Waals surface area contributed by atoms with E-state index in [9.17, 15) is 4.79 Å². The number of ether oxygens (including phenoxy) is 1. The fourth-order valence-electron chi connectivity index (χ4n) is 3.52. The van der Waals surface area contributed by atoms with Gasteiger partial charge < -0.3 is 10.1 Å². The zero-order valence-electron chi connectivity index (χ0n) is 15.6. The minimum Gasteiger partial charge on any atom is -0.374 e. The minimum atomic E-state index is -0.212. The molecular weight excluding hydrogens is 354 g/mol. The van der Waals surface area contributed by atoms with Gasteiger partial charge in [0.05, 0.1) is 24.0 Å². The molecule has 4 rings (SSSR count). The molecule has 1 amide bonds. The monoisotopic (exact) mass is 377 g/mol. The normalized spacial score (nSPS) is 14.7. The molecule has 0 unspecified atom stereocenters. The molecule has 1 aliphatic rings. The number of rotatable bonds is 6. The van der Waals surface area contributed by atoms with Gasteiger partial charge in [-0.05, 0) is 53.1 Å². The van der Waals surface area contributed by atoms with Crippen LogP contribution in [0, 0.1) is 0 Å². The van der Waals surface area contributed by atoms with Crippen LogP contribution in [0.2, 0.25) is 0 Å². The van der Waals surface area contributed by atoms with Crippen LogP contribution >= 0.6 is 0 Å². The van der Waals surface area contributed by atoms with Crippen LogP contribution in [0.5, 0.6) is 0 Å². The van der Waals surface area contributed by atoms with E-state index < -0.39 is 0 Å². The quantitative estimate of drug-likeness (QED) is 0.707. The van der Waals surface area contributed by atoms with Gasteiger partial charge in [-0.25, -0.2) is 0 Å². The van der Waals surface area contributed by atoms with Crippen LogP contribution in [0.4, 0.5) is 5.69 Å². The number of amides is 1. The van der Waals surface area contributed by atoms with Crippen molar-refractivity contribution in [2.24, 2.45) is 0 Å². The third-order valence-corrected chi connectivity index (χ3v) is 4.97. The lowest BCUT2D eigenvalue weighted by atomic mass is 9.98. The van der Waals surface area contributed by atoms with Gasteiger partial charge in [-0.3, -0.25) is 4.79 Å². The number of tetrazole rings is 1. The van der Waals surface area contributed by atoms with Gasteiger partial charge in [0.1, 0.15) is 6.33 Å². The topological polar surface area (TPSA) is 81.9 Å². The third kappa shape index (κ3) is 4.43. The van der Waals surface area contributed by atoms with E-state index in [0.717, 1.165) is 24.1 Å². The standard InChI is InChI=1S/C21H23N5O2/c27-21(19-11-4-5-12-20(19)26-15-22-24-25-26)23-17-8-6-7-16(13-17)14-28-18-9-2-1-3-10-18/h4-8,11-13,15,18H,1-3,9-10,14H2,(H,23,27). The smallest absolute Gasteiger partial charge is 0.257 e. The molecule has 0 saturated heterocycles. The lowest BCUT2D eigenvalue weighted by Gasteiger charge is -2.22. The molecule has 28 heavy (non-hydrogen) atoms. The predicted molar refractivity (Wildman–Crippen MR) is 105 cm³/mol. The first-order chi connectivity index (χ1) is 13.8. The van der Waals surface area contributed by atoms with Crippen LogP contribution in [0.25, 0.3) is 5.69 Å². The fourth-order valence-corrected chi connectivity index (χ4v) is 3.52. The molecule has 1 fully saturated rings. The lowest BCUT2D eigenvalue weighted by molar-refractivity contribution is 0.0169. The number of para-hydroxylation sites is 1. The molecule has 1 aromatic heterocycles. The summed E-state index contributed by atoms with van der Waals surface area (Å²) >= 11 is 0. The van der Waals surface area contributed by atoms with Crippen molar-refractivity contribution < 1.29 is 9.53 Å². The number of benzene rings is 2. The Balaban J connectivity index is 1.44. The Kier molecular flexibility index (Phi) is 5.72. The zero-order valence-corrected chi connectivity index (χ0v) is 15.6. The number of hydrogen-bond donors (Lipinski definition) is 1. The first kappa shape index (κ1) is 18.3. The van der Waals surface area contributed by atoms with E-state index in [1.807, 2.05) is 36.4 Å². The van der Waals surface area contributed by atoms with Gasteiger partial charge in [0, 0.05) is 5.69 Å². The molecule has 0 spiro atoms. The maximum Gasteiger partial charge on any atom is 0.257 e. The molecule has 0 bridgehead atoms. The largest absolute Gasteiger partial charge is 0.374 e. The molecule has 1 N–H and O–H groups in total. The molecule has 144 valence electrons. The number of nitrogens with zero attached hydrogens (tertiary/aromatic N) is 4. The van der Waals surface area contributed by atoms with Crippen LogP contribution in [0.1, 0.15) is 48.0 Å². The lowest BCUT2D eigenvalue weighted by Crippen LogP contribution is -2.17. The van der Waals surface area contributed by atoms with Crippen molar-refractivity contribution in [2.45, 2.75) is 44.8 Å². The summed E-state index contributed by atoms with van der Waals surface area (Å²) in [5.74, 6) is -0.212. The molecule has 1 aliphatic carbocycles. The van der Waals surface area contributed by atoms with Crippen molar-refractivity contribution in [2.75, 3.05) is 5.32 Å². The zero-order chi connectivity index (χ0) is 19.2. The minimum absolute atomic E-state index is 0.212. The highest BCUT2D eigenvalue weighted by atomic mass is 16.5. The van der Waals surface area contributed by atoms with E-state index in [1.54, 1.807) is 12.1 Å². The summed E-state index contributed by atoms with van der Waals surface area (Å²) in [4.78, 5) is 12.8. The number of carbonyl (C=O) groups excluding carboxylic acids is 1. The molecule has 7 heteroatoms. The second-order valence-electron chi connectivity index (χ2n) is 7.00. The first-order valence-electron chi connectivity index (χ1n) is 9.64. The Morgan fingerprint density at radius 2 is 1.96 bits per heavy atom. The number of anilines is 1. The van der Waals surface area contributed by atoms with Crippen LogP contribution in [-0.2, 0) is 11.3 Å².